The molecular formula is C16H34N2O2. The molecule has 20 heavy (non-hydrogen) atoms. The van der Waals surface area contributed by atoms with Crippen LogP contribution in [0.4, 0.5) is 4.79 Å². The summed E-state index contributed by atoms with van der Waals surface area (Å²) in [5, 5.41) is 6.36. The van der Waals surface area contributed by atoms with Gasteiger partial charge in [-0.25, -0.2) is 4.79 Å². The molecule has 0 saturated heterocycles. The first kappa shape index (κ1) is 19.2. The maximum Gasteiger partial charge on any atom is 0.407 e. The smallest absolute Gasteiger partial charge is 0.407 e. The van der Waals surface area contributed by atoms with Gasteiger partial charge in [-0.3, -0.25) is 0 Å². The van der Waals surface area contributed by atoms with Gasteiger partial charge in [-0.15, -0.1) is 0 Å². The van der Waals surface area contributed by atoms with E-state index in [-0.39, 0.29) is 12.1 Å². The van der Waals surface area contributed by atoms with Crippen LogP contribution in [0.15, 0.2) is 0 Å². The quantitative estimate of drug-likeness (QED) is 0.633. The van der Waals surface area contributed by atoms with Crippen molar-refractivity contribution in [1.82, 2.24) is 10.6 Å². The molecule has 0 aliphatic heterocycles. The molecular weight excluding hydrogens is 252 g/mol. The summed E-state index contributed by atoms with van der Waals surface area (Å²) in [5.74, 6) is 0. The van der Waals surface area contributed by atoms with Crippen molar-refractivity contribution in [3.8, 4) is 0 Å². The summed E-state index contributed by atoms with van der Waals surface area (Å²) in [6.45, 7) is 13.0. The van der Waals surface area contributed by atoms with Crippen LogP contribution in [0, 0.1) is 0 Å². The molecule has 0 aromatic carbocycles. The molecule has 4 heteroatoms. The van der Waals surface area contributed by atoms with Gasteiger partial charge in [0.1, 0.15) is 5.60 Å². The Bertz CT molecular complexity index is 262. The maximum absolute atomic E-state index is 11.6. The third-order valence-electron chi connectivity index (χ3n) is 3.07. The van der Waals surface area contributed by atoms with Crippen LogP contribution in [0.25, 0.3) is 0 Å². The molecule has 0 spiro atoms. The highest BCUT2D eigenvalue weighted by atomic mass is 16.6. The zero-order valence-electron chi connectivity index (χ0n) is 14.2. The average Bonchev–Trinajstić information content (AvgIpc) is 2.26. The van der Waals surface area contributed by atoms with E-state index < -0.39 is 5.60 Å². The molecule has 0 heterocycles. The minimum absolute atomic E-state index is 0.125. The highest BCUT2D eigenvalue weighted by Gasteiger charge is 2.17. The Morgan fingerprint density at radius 1 is 1.10 bits per heavy atom. The molecule has 0 fully saturated rings. The number of amides is 1. The summed E-state index contributed by atoms with van der Waals surface area (Å²) in [4.78, 5) is 11.6. The van der Waals surface area contributed by atoms with Crippen LogP contribution in [0.3, 0.4) is 0 Å². The van der Waals surface area contributed by atoms with Gasteiger partial charge in [-0.2, -0.15) is 0 Å². The van der Waals surface area contributed by atoms with Gasteiger partial charge < -0.3 is 15.4 Å². The number of ether oxygens (including phenoxy) is 1. The molecule has 0 aliphatic carbocycles. The number of nitrogens with one attached hydrogen (secondary N) is 2. The number of hydrogen-bond acceptors (Lipinski definition) is 3. The first-order valence-corrected chi connectivity index (χ1v) is 7.97. The number of carbonyl (C=O) groups is 1. The highest BCUT2D eigenvalue weighted by molar-refractivity contribution is 5.67. The largest absolute Gasteiger partial charge is 0.444 e. The Balaban J connectivity index is 3.67. The topological polar surface area (TPSA) is 50.4 Å². The van der Waals surface area contributed by atoms with Gasteiger partial charge in [0.25, 0.3) is 0 Å². The van der Waals surface area contributed by atoms with Gasteiger partial charge in [0.15, 0.2) is 0 Å². The zero-order valence-corrected chi connectivity index (χ0v) is 14.2. The Morgan fingerprint density at radius 2 is 1.75 bits per heavy atom. The molecule has 0 aromatic heterocycles. The van der Waals surface area contributed by atoms with Gasteiger partial charge in [-0.05, 0) is 54.0 Å². The van der Waals surface area contributed by atoms with E-state index in [4.69, 9.17) is 4.74 Å². The van der Waals surface area contributed by atoms with E-state index in [9.17, 15) is 4.79 Å². The van der Waals surface area contributed by atoms with E-state index in [0.29, 0.717) is 6.04 Å². The van der Waals surface area contributed by atoms with Gasteiger partial charge >= 0.3 is 6.09 Å². The third-order valence-corrected chi connectivity index (χ3v) is 3.07. The molecule has 2 atom stereocenters. The lowest BCUT2D eigenvalue weighted by Gasteiger charge is -2.22. The molecule has 0 saturated carbocycles. The predicted molar refractivity (Wildman–Crippen MR) is 85.1 cm³/mol. The molecule has 0 rings (SSSR count). The van der Waals surface area contributed by atoms with Gasteiger partial charge in [0, 0.05) is 12.1 Å². The Kier molecular flexibility index (Phi) is 9.64. The van der Waals surface area contributed by atoms with E-state index in [1.165, 1.54) is 25.7 Å². The maximum atomic E-state index is 11.6. The number of rotatable bonds is 9. The van der Waals surface area contributed by atoms with Crippen LogP contribution >= 0.6 is 0 Å². The molecule has 0 aliphatic rings. The molecule has 0 bridgehead atoms. The van der Waals surface area contributed by atoms with Crippen LogP contribution in [-0.4, -0.2) is 30.3 Å². The minimum Gasteiger partial charge on any atom is -0.444 e. The fourth-order valence-electron chi connectivity index (χ4n) is 1.93. The van der Waals surface area contributed by atoms with Crippen LogP contribution in [0.1, 0.15) is 73.6 Å². The fourth-order valence-corrected chi connectivity index (χ4v) is 1.93. The second-order valence-corrected chi connectivity index (χ2v) is 6.69. The monoisotopic (exact) mass is 286 g/mol. The molecule has 1 amide bonds. The summed E-state index contributed by atoms with van der Waals surface area (Å²) < 4.78 is 5.23. The molecule has 2 unspecified atom stereocenters. The van der Waals surface area contributed by atoms with E-state index in [0.717, 1.165) is 13.0 Å². The first-order valence-electron chi connectivity index (χ1n) is 7.97. The van der Waals surface area contributed by atoms with Crippen LogP contribution in [-0.2, 0) is 4.74 Å². The molecule has 4 nitrogen and oxygen atoms in total. The highest BCUT2D eigenvalue weighted by Crippen LogP contribution is 2.07. The van der Waals surface area contributed by atoms with Crippen LogP contribution in [0.2, 0.25) is 0 Å². The SMILES string of the molecule is CCCCCC(C)NCCC(C)NC(=O)OC(C)(C)C. The van der Waals surface area contributed by atoms with Crippen molar-refractivity contribution in [1.29, 1.82) is 0 Å². The van der Waals surface area contributed by atoms with E-state index in [1.807, 2.05) is 27.7 Å². The standard InChI is InChI=1S/C16H34N2O2/c1-7-8-9-10-13(2)17-12-11-14(3)18-15(19)20-16(4,5)6/h13-14,17H,7-12H2,1-6H3,(H,18,19). The molecule has 2 N–H and O–H groups in total. The number of alkyl carbamates (subject to hydrolysis) is 1. The third kappa shape index (κ3) is 12.3. The second-order valence-electron chi connectivity index (χ2n) is 6.69. The summed E-state index contributed by atoms with van der Waals surface area (Å²) >= 11 is 0. The van der Waals surface area contributed by atoms with Crippen molar-refractivity contribution in [2.24, 2.45) is 0 Å². The number of carbonyl (C=O) groups excluding carboxylic acids is 1. The van der Waals surface area contributed by atoms with E-state index >= 15 is 0 Å². The minimum atomic E-state index is -0.435. The summed E-state index contributed by atoms with van der Waals surface area (Å²) in [7, 11) is 0. The van der Waals surface area contributed by atoms with Crippen LogP contribution in [0.5, 0.6) is 0 Å². The van der Waals surface area contributed by atoms with E-state index in [1.54, 1.807) is 0 Å². The van der Waals surface area contributed by atoms with Crippen molar-refractivity contribution in [3.05, 3.63) is 0 Å². The predicted octanol–water partition coefficient (Wildman–Crippen LogP) is 3.85. The van der Waals surface area contributed by atoms with Crippen molar-refractivity contribution in [3.63, 3.8) is 0 Å². The molecule has 0 radical (unpaired) electrons. The van der Waals surface area contributed by atoms with Crippen molar-refractivity contribution >= 4 is 6.09 Å². The summed E-state index contributed by atoms with van der Waals surface area (Å²) in [5.41, 5.74) is -0.435. The molecule has 0 aromatic rings. The summed E-state index contributed by atoms with van der Waals surface area (Å²) in [6.07, 6.45) is 5.67. The van der Waals surface area contributed by atoms with Gasteiger partial charge in [-0.1, -0.05) is 26.2 Å². The van der Waals surface area contributed by atoms with Crippen LogP contribution < -0.4 is 10.6 Å². The van der Waals surface area contributed by atoms with Gasteiger partial charge in [0.2, 0.25) is 0 Å². The Labute approximate surface area is 125 Å². The fraction of sp³-hybridized carbons (Fsp3) is 0.938. The lowest BCUT2D eigenvalue weighted by Crippen LogP contribution is -2.39. The number of unbranched alkanes of at least 4 members (excludes halogenated alkanes) is 2. The lowest BCUT2D eigenvalue weighted by atomic mass is 10.1. The van der Waals surface area contributed by atoms with Gasteiger partial charge in [0.05, 0.1) is 0 Å². The van der Waals surface area contributed by atoms with E-state index in [2.05, 4.69) is 24.5 Å². The number of hydrogen-bond donors (Lipinski definition) is 2. The first-order chi connectivity index (χ1) is 9.24. The Morgan fingerprint density at radius 3 is 2.30 bits per heavy atom. The van der Waals surface area contributed by atoms with Crippen molar-refractivity contribution in [2.75, 3.05) is 6.54 Å². The average molecular weight is 286 g/mol. The Hall–Kier alpha value is -0.770. The zero-order chi connectivity index (χ0) is 15.6. The summed E-state index contributed by atoms with van der Waals surface area (Å²) in [6, 6.07) is 0.676. The normalized spacial score (nSPS) is 14.7. The second kappa shape index (κ2) is 10.0. The van der Waals surface area contributed by atoms with Crippen molar-refractivity contribution in [2.45, 2.75) is 91.3 Å². The van der Waals surface area contributed by atoms with Crippen molar-refractivity contribution < 1.29 is 9.53 Å². The molecule has 120 valence electrons. The lowest BCUT2D eigenvalue weighted by molar-refractivity contribution is 0.0506.